The molecule has 0 aliphatic carbocycles. The molecule has 2 aliphatic heterocycles. The Hall–Kier alpha value is -3.91. The van der Waals surface area contributed by atoms with Crippen LogP contribution < -0.4 is 29.6 Å². The van der Waals surface area contributed by atoms with Crippen molar-refractivity contribution in [1.82, 2.24) is 20.1 Å². The molecule has 2 atom stereocenters. The fourth-order valence-electron chi connectivity index (χ4n) is 4.53. The Labute approximate surface area is 247 Å². The van der Waals surface area contributed by atoms with Crippen LogP contribution in [0.4, 0.5) is 0 Å². The van der Waals surface area contributed by atoms with Gasteiger partial charge in [-0.1, -0.05) is 48.5 Å². The van der Waals surface area contributed by atoms with Gasteiger partial charge < -0.3 is 20.1 Å². The van der Waals surface area contributed by atoms with Gasteiger partial charge >= 0.3 is 0 Å². The van der Waals surface area contributed by atoms with Gasteiger partial charge in [0, 0.05) is 24.4 Å². The highest BCUT2D eigenvalue weighted by molar-refractivity contribution is 7.97. The lowest BCUT2D eigenvalue weighted by atomic mass is 10.00. The Kier molecular flexibility index (Phi) is 9.42. The maximum Gasteiger partial charge on any atom is 0.289 e. The number of amides is 2. The standard InChI is InChI=1S/C29H30N4O7S2/c34-27(29(36)30-11-12-31-42(37,38)21-9-5-2-6-10-21)22(15-19-7-3-1-4-8-19)32-28(35)23-16-20-17-24-25(40-14-13-39-24)18-26(20)41-33-23/h1-10,17-18,22-23,31,33H,11-16H2,(H,30,36)(H,32,35)/t22-,23?/m0/s1. The molecule has 0 radical (unpaired) electrons. The summed E-state index contributed by atoms with van der Waals surface area (Å²) >= 11 is 1.29. The molecular formula is C29H30N4O7S2. The van der Waals surface area contributed by atoms with Gasteiger partial charge in [0.25, 0.3) is 5.91 Å². The minimum Gasteiger partial charge on any atom is -0.486 e. The molecule has 2 amide bonds. The summed E-state index contributed by atoms with van der Waals surface area (Å²) in [6.07, 6.45) is 0.458. The normalized spacial score (nSPS) is 16.5. The molecule has 220 valence electrons. The van der Waals surface area contributed by atoms with Crippen LogP contribution in [0.25, 0.3) is 0 Å². The molecule has 0 spiro atoms. The number of ether oxygens (including phenoxy) is 2. The summed E-state index contributed by atoms with van der Waals surface area (Å²) in [5.74, 6) is -0.899. The van der Waals surface area contributed by atoms with Gasteiger partial charge in [0.05, 0.1) is 4.90 Å². The van der Waals surface area contributed by atoms with Crippen LogP contribution >= 0.6 is 11.9 Å². The highest BCUT2D eigenvalue weighted by Gasteiger charge is 2.32. The van der Waals surface area contributed by atoms with Gasteiger partial charge in [0.1, 0.15) is 25.3 Å². The third-order valence-corrected chi connectivity index (χ3v) is 9.15. The van der Waals surface area contributed by atoms with E-state index in [2.05, 4.69) is 20.1 Å². The lowest BCUT2D eigenvalue weighted by Gasteiger charge is -2.28. The van der Waals surface area contributed by atoms with E-state index in [0.29, 0.717) is 31.1 Å². The smallest absolute Gasteiger partial charge is 0.289 e. The van der Waals surface area contributed by atoms with Crippen molar-refractivity contribution in [3.63, 3.8) is 0 Å². The number of hydrogen-bond donors (Lipinski definition) is 4. The molecule has 0 saturated carbocycles. The molecule has 11 nitrogen and oxygen atoms in total. The zero-order chi connectivity index (χ0) is 29.5. The van der Waals surface area contributed by atoms with Crippen molar-refractivity contribution in [2.24, 2.45) is 0 Å². The Bertz CT molecular complexity index is 1550. The summed E-state index contributed by atoms with van der Waals surface area (Å²) in [5, 5.41) is 5.21. The van der Waals surface area contributed by atoms with Gasteiger partial charge in [-0.15, -0.1) is 0 Å². The molecule has 2 heterocycles. The second kappa shape index (κ2) is 13.4. The van der Waals surface area contributed by atoms with Gasteiger partial charge in [0.15, 0.2) is 11.5 Å². The molecule has 1 unspecified atom stereocenters. The molecule has 3 aromatic carbocycles. The van der Waals surface area contributed by atoms with Crippen LogP contribution in [-0.2, 0) is 37.2 Å². The van der Waals surface area contributed by atoms with E-state index >= 15 is 0 Å². The van der Waals surface area contributed by atoms with Gasteiger partial charge in [-0.05, 0) is 53.8 Å². The highest BCUT2D eigenvalue weighted by atomic mass is 32.2. The monoisotopic (exact) mass is 610 g/mol. The topological polar surface area (TPSA) is 152 Å². The Balaban J connectivity index is 1.21. The van der Waals surface area contributed by atoms with E-state index in [-0.39, 0.29) is 24.4 Å². The molecule has 2 aliphatic rings. The number of benzene rings is 3. The number of carbonyl (C=O) groups excluding carboxylic acids is 3. The first-order valence-electron chi connectivity index (χ1n) is 13.4. The predicted octanol–water partition coefficient (Wildman–Crippen LogP) is 1.37. The Morgan fingerprint density at radius 2 is 1.60 bits per heavy atom. The third kappa shape index (κ3) is 7.29. The number of nitrogens with one attached hydrogen (secondary N) is 4. The van der Waals surface area contributed by atoms with Crippen LogP contribution in [0.3, 0.4) is 0 Å². The second-order valence-electron chi connectivity index (χ2n) is 9.66. The van der Waals surface area contributed by atoms with Crippen LogP contribution in [0.2, 0.25) is 0 Å². The van der Waals surface area contributed by atoms with Crippen LogP contribution in [0, 0.1) is 0 Å². The number of ketones is 1. The van der Waals surface area contributed by atoms with Crippen LogP contribution in [-0.4, -0.2) is 64.4 Å². The minimum atomic E-state index is -3.76. The number of rotatable bonds is 11. The van der Waals surface area contributed by atoms with Gasteiger partial charge in [-0.25, -0.2) is 17.9 Å². The molecule has 42 heavy (non-hydrogen) atoms. The molecule has 5 rings (SSSR count). The van der Waals surface area contributed by atoms with Crippen molar-refractivity contribution in [3.05, 3.63) is 83.9 Å². The van der Waals surface area contributed by atoms with Crippen molar-refractivity contribution >= 4 is 39.6 Å². The van der Waals surface area contributed by atoms with Crippen molar-refractivity contribution in [3.8, 4) is 11.5 Å². The molecule has 3 aromatic rings. The number of Topliss-reactive ketones (excluding diaryl/α,β-unsaturated/α-hetero) is 1. The summed E-state index contributed by atoms with van der Waals surface area (Å²) in [5.41, 5.74) is 1.67. The SMILES string of the molecule is O=C(NCCNS(=O)(=O)c1ccccc1)C(=O)[C@H](Cc1ccccc1)NC(=O)C1Cc2cc3c(cc2SN1)OCCO3. The summed E-state index contributed by atoms with van der Waals surface area (Å²) in [6.45, 7) is 0.692. The van der Waals surface area contributed by atoms with E-state index in [4.69, 9.17) is 9.47 Å². The maximum absolute atomic E-state index is 13.3. The van der Waals surface area contributed by atoms with Gasteiger partial charge in [-0.3, -0.25) is 14.4 Å². The first kappa shape index (κ1) is 29.6. The summed E-state index contributed by atoms with van der Waals surface area (Å²) in [7, 11) is -3.76. The third-order valence-electron chi connectivity index (χ3n) is 6.67. The van der Waals surface area contributed by atoms with E-state index in [1.165, 1.54) is 24.1 Å². The summed E-state index contributed by atoms with van der Waals surface area (Å²) < 4.78 is 41.6. The van der Waals surface area contributed by atoms with Crippen molar-refractivity contribution in [2.45, 2.75) is 34.7 Å². The van der Waals surface area contributed by atoms with Crippen molar-refractivity contribution < 1.29 is 32.3 Å². The fourth-order valence-corrected chi connectivity index (χ4v) is 6.48. The van der Waals surface area contributed by atoms with Crippen LogP contribution in [0.1, 0.15) is 11.1 Å². The largest absolute Gasteiger partial charge is 0.486 e. The van der Waals surface area contributed by atoms with Crippen molar-refractivity contribution in [2.75, 3.05) is 26.3 Å². The lowest BCUT2D eigenvalue weighted by Crippen LogP contribution is -2.54. The second-order valence-corrected chi connectivity index (χ2v) is 12.3. The molecule has 4 N–H and O–H groups in total. The number of hydrogen-bond acceptors (Lipinski definition) is 9. The van der Waals surface area contributed by atoms with Crippen molar-refractivity contribution in [1.29, 1.82) is 0 Å². The molecule has 0 fully saturated rings. The molecule has 0 aromatic heterocycles. The average molecular weight is 611 g/mol. The molecule has 13 heteroatoms. The molecule has 0 saturated heterocycles. The maximum atomic E-state index is 13.3. The fraction of sp³-hybridized carbons (Fsp3) is 0.276. The summed E-state index contributed by atoms with van der Waals surface area (Å²) in [4.78, 5) is 40.3. The van der Waals surface area contributed by atoms with Crippen LogP contribution in [0.5, 0.6) is 11.5 Å². The zero-order valence-corrected chi connectivity index (χ0v) is 24.1. The predicted molar refractivity (Wildman–Crippen MR) is 156 cm³/mol. The summed E-state index contributed by atoms with van der Waals surface area (Å²) in [6, 6.07) is 18.8. The first-order chi connectivity index (χ1) is 20.3. The number of carbonyl (C=O) groups is 3. The minimum absolute atomic E-state index is 0.0934. The van der Waals surface area contributed by atoms with E-state index in [9.17, 15) is 22.8 Å². The Morgan fingerprint density at radius 3 is 2.31 bits per heavy atom. The van der Waals surface area contributed by atoms with E-state index < -0.39 is 39.7 Å². The van der Waals surface area contributed by atoms with E-state index in [1.54, 1.807) is 42.5 Å². The molecule has 0 bridgehead atoms. The van der Waals surface area contributed by atoms with Gasteiger partial charge in [-0.2, -0.15) is 0 Å². The van der Waals surface area contributed by atoms with E-state index in [0.717, 1.165) is 16.0 Å². The molecular weight excluding hydrogens is 580 g/mol. The van der Waals surface area contributed by atoms with Gasteiger partial charge in [0.2, 0.25) is 21.7 Å². The highest BCUT2D eigenvalue weighted by Crippen LogP contribution is 2.39. The average Bonchev–Trinajstić information content (AvgIpc) is 3.02. The number of fused-ring (bicyclic) bond motifs is 2. The van der Waals surface area contributed by atoms with E-state index in [1.807, 2.05) is 18.2 Å². The first-order valence-corrected chi connectivity index (χ1v) is 15.7. The lowest BCUT2D eigenvalue weighted by molar-refractivity contribution is -0.140. The number of sulfonamides is 1. The Morgan fingerprint density at radius 1 is 0.929 bits per heavy atom. The van der Waals surface area contributed by atoms with Crippen LogP contribution in [0.15, 0.2) is 82.6 Å². The zero-order valence-electron chi connectivity index (χ0n) is 22.5. The quantitative estimate of drug-likeness (QED) is 0.143.